The van der Waals surface area contributed by atoms with Crippen LogP contribution in [0.5, 0.6) is 0 Å². The Morgan fingerprint density at radius 3 is 2.68 bits per heavy atom. The van der Waals surface area contributed by atoms with Crippen LogP contribution in [0.25, 0.3) is 0 Å². The fraction of sp³-hybridized carbons (Fsp3) is 0.600. The highest BCUT2D eigenvalue weighted by Crippen LogP contribution is 2.26. The zero-order valence-electron chi connectivity index (χ0n) is 12.1. The van der Waals surface area contributed by atoms with Crippen molar-refractivity contribution in [2.45, 2.75) is 46.5 Å². The third kappa shape index (κ3) is 4.89. The number of hydrogen-bond acceptors (Lipinski definition) is 3. The summed E-state index contributed by atoms with van der Waals surface area (Å²) in [5, 5.41) is 14.2. The van der Waals surface area contributed by atoms with Crippen molar-refractivity contribution < 1.29 is 4.92 Å². The molecule has 0 bridgehead atoms. The van der Waals surface area contributed by atoms with Gasteiger partial charge < -0.3 is 5.32 Å². The van der Waals surface area contributed by atoms with Gasteiger partial charge in [0, 0.05) is 12.6 Å². The van der Waals surface area contributed by atoms with Crippen LogP contribution in [0, 0.1) is 23.0 Å². The maximum atomic E-state index is 11.0. The minimum atomic E-state index is -0.325. The van der Waals surface area contributed by atoms with Crippen LogP contribution in [0.2, 0.25) is 0 Å². The van der Waals surface area contributed by atoms with Crippen LogP contribution in [-0.4, -0.2) is 11.5 Å². The Kier molecular flexibility index (Phi) is 6.33. The standard InChI is InChI=1S/C15H24N2O2/c1-4-6-7-13(5-2)11-16-14-10-12(3)8-9-15(14)17(18)19/h8-10,13,16H,4-7,11H2,1-3H3. The normalized spacial score (nSPS) is 12.2. The van der Waals surface area contributed by atoms with Gasteiger partial charge in [-0.1, -0.05) is 39.2 Å². The van der Waals surface area contributed by atoms with Crippen molar-refractivity contribution in [1.29, 1.82) is 0 Å². The van der Waals surface area contributed by atoms with Crippen molar-refractivity contribution in [3.05, 3.63) is 33.9 Å². The van der Waals surface area contributed by atoms with Gasteiger partial charge in [0.1, 0.15) is 5.69 Å². The first-order valence-electron chi connectivity index (χ1n) is 7.07. The van der Waals surface area contributed by atoms with Crippen molar-refractivity contribution in [1.82, 2.24) is 0 Å². The number of nitro benzene ring substituents is 1. The molecular weight excluding hydrogens is 240 g/mol. The number of aryl methyl sites for hydroxylation is 1. The van der Waals surface area contributed by atoms with Gasteiger partial charge in [-0.05, 0) is 30.9 Å². The van der Waals surface area contributed by atoms with Gasteiger partial charge >= 0.3 is 0 Å². The molecule has 0 aliphatic carbocycles. The third-order valence-corrected chi connectivity index (χ3v) is 3.47. The molecule has 0 aliphatic rings. The van der Waals surface area contributed by atoms with Gasteiger partial charge in [0.25, 0.3) is 5.69 Å². The SMILES string of the molecule is CCCCC(CC)CNc1cc(C)ccc1[N+](=O)[O-]. The second kappa shape index (κ2) is 7.77. The van der Waals surface area contributed by atoms with E-state index in [-0.39, 0.29) is 10.6 Å². The summed E-state index contributed by atoms with van der Waals surface area (Å²) >= 11 is 0. The number of hydrogen-bond donors (Lipinski definition) is 1. The van der Waals surface area contributed by atoms with E-state index in [4.69, 9.17) is 0 Å². The summed E-state index contributed by atoms with van der Waals surface area (Å²) in [5.74, 6) is 0.583. The summed E-state index contributed by atoms with van der Waals surface area (Å²) in [6.45, 7) is 7.11. The largest absolute Gasteiger partial charge is 0.379 e. The van der Waals surface area contributed by atoms with E-state index in [1.54, 1.807) is 12.1 Å². The predicted molar refractivity (Wildman–Crippen MR) is 79.6 cm³/mol. The van der Waals surface area contributed by atoms with Crippen molar-refractivity contribution in [2.75, 3.05) is 11.9 Å². The van der Waals surface area contributed by atoms with Gasteiger partial charge in [0.05, 0.1) is 4.92 Å². The molecule has 0 radical (unpaired) electrons. The Balaban J connectivity index is 2.70. The molecule has 4 heteroatoms. The molecular formula is C15H24N2O2. The van der Waals surface area contributed by atoms with Gasteiger partial charge in [-0.15, -0.1) is 0 Å². The van der Waals surface area contributed by atoms with Gasteiger partial charge in [0.15, 0.2) is 0 Å². The van der Waals surface area contributed by atoms with Crippen LogP contribution >= 0.6 is 0 Å². The lowest BCUT2D eigenvalue weighted by Crippen LogP contribution is -2.14. The smallest absolute Gasteiger partial charge is 0.292 e. The van der Waals surface area contributed by atoms with Crippen LogP contribution < -0.4 is 5.32 Å². The summed E-state index contributed by atoms with van der Waals surface area (Å²) in [5.41, 5.74) is 1.84. The number of nitro groups is 1. The average Bonchev–Trinajstić information content (AvgIpc) is 2.38. The first kappa shape index (κ1) is 15.5. The molecule has 0 saturated carbocycles. The first-order valence-corrected chi connectivity index (χ1v) is 7.07. The fourth-order valence-electron chi connectivity index (χ4n) is 2.15. The van der Waals surface area contributed by atoms with Crippen LogP contribution in [0.3, 0.4) is 0 Å². The zero-order valence-corrected chi connectivity index (χ0v) is 12.1. The van der Waals surface area contributed by atoms with Gasteiger partial charge in [-0.25, -0.2) is 0 Å². The summed E-state index contributed by atoms with van der Waals surface area (Å²) < 4.78 is 0. The molecule has 0 fully saturated rings. The number of unbranched alkanes of at least 4 members (excludes halogenated alkanes) is 1. The molecule has 0 amide bonds. The predicted octanol–water partition coefficient (Wildman–Crippen LogP) is 4.53. The maximum Gasteiger partial charge on any atom is 0.292 e. The van der Waals surface area contributed by atoms with E-state index in [2.05, 4.69) is 19.2 Å². The number of rotatable bonds is 8. The topological polar surface area (TPSA) is 55.2 Å². The van der Waals surface area contributed by atoms with Gasteiger partial charge in [-0.2, -0.15) is 0 Å². The van der Waals surface area contributed by atoms with E-state index in [1.165, 1.54) is 19.3 Å². The molecule has 1 N–H and O–H groups in total. The minimum absolute atomic E-state index is 0.163. The summed E-state index contributed by atoms with van der Waals surface area (Å²) in [6.07, 6.45) is 4.70. The van der Waals surface area contributed by atoms with E-state index in [0.717, 1.165) is 18.5 Å². The van der Waals surface area contributed by atoms with E-state index in [0.29, 0.717) is 11.6 Å². The number of anilines is 1. The monoisotopic (exact) mass is 264 g/mol. The van der Waals surface area contributed by atoms with Crippen molar-refractivity contribution in [2.24, 2.45) is 5.92 Å². The number of nitrogens with one attached hydrogen (secondary N) is 1. The van der Waals surface area contributed by atoms with Crippen LogP contribution in [0.4, 0.5) is 11.4 Å². The molecule has 1 atom stereocenters. The Labute approximate surface area is 115 Å². The van der Waals surface area contributed by atoms with Crippen molar-refractivity contribution in [3.63, 3.8) is 0 Å². The molecule has 1 rings (SSSR count). The van der Waals surface area contributed by atoms with Crippen LogP contribution in [0.15, 0.2) is 18.2 Å². The molecule has 1 aromatic rings. The lowest BCUT2D eigenvalue weighted by atomic mass is 9.99. The summed E-state index contributed by atoms with van der Waals surface area (Å²) in [4.78, 5) is 10.7. The third-order valence-electron chi connectivity index (χ3n) is 3.47. The van der Waals surface area contributed by atoms with Crippen molar-refractivity contribution in [3.8, 4) is 0 Å². The molecule has 0 aliphatic heterocycles. The van der Waals surface area contributed by atoms with E-state index in [9.17, 15) is 10.1 Å². The second-order valence-electron chi connectivity index (χ2n) is 5.08. The molecule has 4 nitrogen and oxygen atoms in total. The molecule has 0 heterocycles. The van der Waals surface area contributed by atoms with E-state index >= 15 is 0 Å². The van der Waals surface area contributed by atoms with Crippen LogP contribution in [-0.2, 0) is 0 Å². The Bertz CT molecular complexity index is 419. The Morgan fingerprint density at radius 1 is 1.37 bits per heavy atom. The lowest BCUT2D eigenvalue weighted by molar-refractivity contribution is -0.384. The number of benzene rings is 1. The average molecular weight is 264 g/mol. The molecule has 0 aromatic heterocycles. The van der Waals surface area contributed by atoms with Gasteiger partial charge in [0.2, 0.25) is 0 Å². The summed E-state index contributed by atoms with van der Waals surface area (Å²) in [6, 6.07) is 5.20. The minimum Gasteiger partial charge on any atom is -0.379 e. The molecule has 1 aromatic carbocycles. The highest BCUT2D eigenvalue weighted by atomic mass is 16.6. The Hall–Kier alpha value is -1.58. The van der Waals surface area contributed by atoms with E-state index < -0.39 is 0 Å². The highest BCUT2D eigenvalue weighted by Gasteiger charge is 2.14. The molecule has 0 saturated heterocycles. The lowest BCUT2D eigenvalue weighted by Gasteiger charge is -2.16. The van der Waals surface area contributed by atoms with Crippen molar-refractivity contribution >= 4 is 11.4 Å². The quantitative estimate of drug-likeness (QED) is 0.554. The fourth-order valence-corrected chi connectivity index (χ4v) is 2.15. The zero-order chi connectivity index (χ0) is 14.3. The van der Waals surface area contributed by atoms with E-state index in [1.807, 2.05) is 13.0 Å². The molecule has 106 valence electrons. The summed E-state index contributed by atoms with van der Waals surface area (Å²) in [7, 11) is 0. The Morgan fingerprint density at radius 2 is 2.11 bits per heavy atom. The van der Waals surface area contributed by atoms with Gasteiger partial charge in [-0.3, -0.25) is 10.1 Å². The second-order valence-corrected chi connectivity index (χ2v) is 5.08. The molecule has 19 heavy (non-hydrogen) atoms. The molecule has 0 spiro atoms. The number of nitrogens with zero attached hydrogens (tertiary/aromatic N) is 1. The maximum absolute atomic E-state index is 11.0. The highest BCUT2D eigenvalue weighted by molar-refractivity contribution is 5.62. The molecule has 1 unspecified atom stereocenters. The first-order chi connectivity index (χ1) is 9.08. The van der Waals surface area contributed by atoms with Crippen LogP contribution in [0.1, 0.15) is 45.1 Å².